The van der Waals surface area contributed by atoms with Crippen LogP contribution in [0, 0.1) is 0 Å². The summed E-state index contributed by atoms with van der Waals surface area (Å²) in [5.74, 6) is 0.819. The minimum Gasteiger partial charge on any atom is -0.483 e. The van der Waals surface area contributed by atoms with Crippen molar-refractivity contribution in [2.45, 2.75) is 18.6 Å². The van der Waals surface area contributed by atoms with Gasteiger partial charge in [-0.2, -0.15) is 0 Å². The van der Waals surface area contributed by atoms with E-state index in [1.807, 2.05) is 18.2 Å². The molecule has 6 heteroatoms. The maximum atomic E-state index is 6.18. The van der Waals surface area contributed by atoms with Crippen molar-refractivity contribution >= 4 is 38.9 Å². The standard InChI is InChI=1S/C12H10BrClN2OS/c13-6-1-2-7-8(15)4-10(17-9(7)3-6)12-16-5-11(14)18-12/h1-3,5,8,10H,4,15H2/t8-,10?/m0/s1. The van der Waals surface area contributed by atoms with Crippen LogP contribution in [-0.2, 0) is 0 Å². The maximum Gasteiger partial charge on any atom is 0.152 e. The van der Waals surface area contributed by atoms with Crippen molar-refractivity contribution in [3.05, 3.63) is 43.8 Å². The zero-order chi connectivity index (χ0) is 12.7. The van der Waals surface area contributed by atoms with Crippen LogP contribution in [0.2, 0.25) is 4.34 Å². The Bertz CT molecular complexity index is 589. The summed E-state index contributed by atoms with van der Waals surface area (Å²) in [4.78, 5) is 4.26. The molecule has 0 aliphatic carbocycles. The van der Waals surface area contributed by atoms with Crippen LogP contribution >= 0.6 is 38.9 Å². The first kappa shape index (κ1) is 12.4. The van der Waals surface area contributed by atoms with E-state index in [9.17, 15) is 0 Å². The second kappa shape index (κ2) is 4.81. The van der Waals surface area contributed by atoms with E-state index in [2.05, 4.69) is 20.9 Å². The summed E-state index contributed by atoms with van der Waals surface area (Å²) in [6.07, 6.45) is 2.25. The first-order valence-corrected chi connectivity index (χ1v) is 7.45. The van der Waals surface area contributed by atoms with Gasteiger partial charge in [-0.05, 0) is 12.1 Å². The van der Waals surface area contributed by atoms with Crippen LogP contribution in [0.4, 0.5) is 0 Å². The van der Waals surface area contributed by atoms with Gasteiger partial charge in [-0.25, -0.2) is 4.98 Å². The Kier molecular flexibility index (Phi) is 3.32. The molecule has 3 rings (SSSR count). The first-order chi connectivity index (χ1) is 8.63. The number of fused-ring (bicyclic) bond motifs is 1. The fraction of sp³-hybridized carbons (Fsp3) is 0.250. The number of benzene rings is 1. The molecule has 0 saturated heterocycles. The molecule has 0 radical (unpaired) electrons. The molecule has 1 aromatic heterocycles. The smallest absolute Gasteiger partial charge is 0.152 e. The molecule has 1 aliphatic heterocycles. The van der Waals surface area contributed by atoms with Gasteiger partial charge in [0.2, 0.25) is 0 Å². The number of rotatable bonds is 1. The van der Waals surface area contributed by atoms with Crippen LogP contribution in [0.25, 0.3) is 0 Å². The van der Waals surface area contributed by atoms with Gasteiger partial charge in [0.1, 0.15) is 15.1 Å². The lowest BCUT2D eigenvalue weighted by Gasteiger charge is -2.29. The second-order valence-corrected chi connectivity index (χ2v) is 6.74. The summed E-state index contributed by atoms with van der Waals surface area (Å²) >= 11 is 10.8. The normalized spacial score (nSPS) is 22.4. The number of nitrogens with two attached hydrogens (primary N) is 1. The molecule has 3 nitrogen and oxygen atoms in total. The van der Waals surface area contributed by atoms with Crippen molar-refractivity contribution < 1.29 is 4.74 Å². The Morgan fingerprint density at radius 3 is 3.06 bits per heavy atom. The van der Waals surface area contributed by atoms with E-state index in [-0.39, 0.29) is 12.1 Å². The summed E-state index contributed by atoms with van der Waals surface area (Å²) < 4.78 is 7.61. The Morgan fingerprint density at radius 1 is 1.50 bits per heavy atom. The van der Waals surface area contributed by atoms with E-state index in [4.69, 9.17) is 22.1 Å². The number of hydrogen-bond acceptors (Lipinski definition) is 4. The Morgan fingerprint density at radius 2 is 2.33 bits per heavy atom. The molecule has 2 atom stereocenters. The van der Waals surface area contributed by atoms with Crippen molar-refractivity contribution in [3.63, 3.8) is 0 Å². The van der Waals surface area contributed by atoms with Crippen molar-refractivity contribution in [1.29, 1.82) is 0 Å². The molecule has 0 saturated carbocycles. The average Bonchev–Trinajstić information content (AvgIpc) is 2.75. The number of aromatic nitrogens is 1. The molecule has 1 unspecified atom stereocenters. The van der Waals surface area contributed by atoms with Gasteiger partial charge < -0.3 is 10.5 Å². The van der Waals surface area contributed by atoms with Gasteiger partial charge in [-0.15, -0.1) is 11.3 Å². The summed E-state index contributed by atoms with van der Waals surface area (Å²) in [5.41, 5.74) is 7.22. The fourth-order valence-electron chi connectivity index (χ4n) is 2.04. The quantitative estimate of drug-likeness (QED) is 0.847. The minimum atomic E-state index is -0.112. The molecule has 2 heterocycles. The number of nitrogens with zero attached hydrogens (tertiary/aromatic N) is 1. The van der Waals surface area contributed by atoms with E-state index in [0.29, 0.717) is 4.34 Å². The number of hydrogen-bond donors (Lipinski definition) is 1. The highest BCUT2D eigenvalue weighted by Crippen LogP contribution is 2.42. The molecule has 18 heavy (non-hydrogen) atoms. The van der Waals surface area contributed by atoms with Crippen LogP contribution in [-0.4, -0.2) is 4.98 Å². The highest BCUT2D eigenvalue weighted by Gasteiger charge is 2.29. The van der Waals surface area contributed by atoms with E-state index < -0.39 is 0 Å². The predicted octanol–water partition coefficient (Wildman–Crippen LogP) is 4.08. The molecule has 0 spiro atoms. The van der Waals surface area contributed by atoms with Crippen LogP contribution in [0.15, 0.2) is 28.9 Å². The van der Waals surface area contributed by atoms with Gasteiger partial charge in [-0.1, -0.05) is 33.6 Å². The topological polar surface area (TPSA) is 48.1 Å². The third kappa shape index (κ3) is 2.28. The summed E-state index contributed by atoms with van der Waals surface area (Å²) in [6, 6.07) is 5.88. The van der Waals surface area contributed by atoms with Crippen LogP contribution in [0.1, 0.15) is 29.1 Å². The average molecular weight is 346 g/mol. The summed E-state index contributed by atoms with van der Waals surface area (Å²) in [5, 5.41) is 0.876. The predicted molar refractivity (Wildman–Crippen MR) is 76.2 cm³/mol. The minimum absolute atomic E-state index is 0.0328. The molecule has 1 aliphatic rings. The van der Waals surface area contributed by atoms with E-state index in [1.165, 1.54) is 11.3 Å². The molecule has 0 amide bonds. The first-order valence-electron chi connectivity index (χ1n) is 5.46. The summed E-state index contributed by atoms with van der Waals surface area (Å²) in [6.45, 7) is 0. The van der Waals surface area contributed by atoms with Crippen LogP contribution in [0.5, 0.6) is 5.75 Å². The zero-order valence-electron chi connectivity index (χ0n) is 9.27. The molecule has 94 valence electrons. The largest absolute Gasteiger partial charge is 0.483 e. The Balaban J connectivity index is 1.95. The zero-order valence-corrected chi connectivity index (χ0v) is 12.4. The number of ether oxygens (including phenoxy) is 1. The van der Waals surface area contributed by atoms with Gasteiger partial charge >= 0.3 is 0 Å². The van der Waals surface area contributed by atoms with Crippen molar-refractivity contribution in [2.24, 2.45) is 5.73 Å². The molecule has 2 aromatic rings. The molecule has 0 fully saturated rings. The van der Waals surface area contributed by atoms with Crippen LogP contribution in [0.3, 0.4) is 0 Å². The van der Waals surface area contributed by atoms with Crippen molar-refractivity contribution in [2.75, 3.05) is 0 Å². The van der Waals surface area contributed by atoms with Gasteiger partial charge in [-0.3, -0.25) is 0 Å². The van der Waals surface area contributed by atoms with Crippen LogP contribution < -0.4 is 10.5 Å². The molecule has 1 aromatic carbocycles. The lowest BCUT2D eigenvalue weighted by atomic mass is 9.97. The van der Waals surface area contributed by atoms with E-state index in [1.54, 1.807) is 6.20 Å². The maximum absolute atomic E-state index is 6.18. The molecular formula is C12H10BrClN2OS. The lowest BCUT2D eigenvalue weighted by molar-refractivity contribution is 0.161. The molecule has 2 N–H and O–H groups in total. The van der Waals surface area contributed by atoms with Gasteiger partial charge in [0.25, 0.3) is 0 Å². The highest BCUT2D eigenvalue weighted by atomic mass is 79.9. The van der Waals surface area contributed by atoms with Gasteiger partial charge in [0, 0.05) is 22.5 Å². The third-order valence-electron chi connectivity index (χ3n) is 2.88. The number of thiazole rings is 1. The monoisotopic (exact) mass is 344 g/mol. The van der Waals surface area contributed by atoms with E-state index >= 15 is 0 Å². The number of halogens is 2. The molecule has 0 bridgehead atoms. The Hall–Kier alpha value is -0.620. The Labute approximate surface area is 122 Å². The van der Waals surface area contributed by atoms with Gasteiger partial charge in [0.15, 0.2) is 6.10 Å². The summed E-state index contributed by atoms with van der Waals surface area (Å²) in [7, 11) is 0. The highest BCUT2D eigenvalue weighted by molar-refractivity contribution is 9.10. The second-order valence-electron chi connectivity index (χ2n) is 4.13. The van der Waals surface area contributed by atoms with Crippen molar-refractivity contribution in [1.82, 2.24) is 4.98 Å². The fourth-order valence-corrected chi connectivity index (χ4v) is 3.36. The lowest BCUT2D eigenvalue weighted by Crippen LogP contribution is -2.24. The SMILES string of the molecule is N[C@H]1CC(c2ncc(Cl)s2)Oc2cc(Br)ccc21. The third-order valence-corrected chi connectivity index (χ3v) is 4.58. The van der Waals surface area contributed by atoms with E-state index in [0.717, 1.165) is 27.2 Å². The van der Waals surface area contributed by atoms with Gasteiger partial charge in [0.05, 0.1) is 6.20 Å². The van der Waals surface area contributed by atoms with Crippen molar-refractivity contribution in [3.8, 4) is 5.75 Å². The molecular weight excluding hydrogens is 336 g/mol.